The number of carbonyl (C=O) groups is 1. The molecule has 5 aromatic carbocycles. The van der Waals surface area contributed by atoms with Crippen LogP contribution < -0.4 is 26.3 Å². The van der Waals surface area contributed by atoms with Crippen LogP contribution in [0.5, 0.6) is 0 Å². The van der Waals surface area contributed by atoms with Gasteiger partial charge in [0.1, 0.15) is 23.2 Å². The Kier molecular flexibility index (Phi) is 12.6. The molecule has 0 N–H and O–H groups in total. The van der Waals surface area contributed by atoms with Crippen LogP contribution in [0.1, 0.15) is 47.0 Å². The molecule has 1 atom stereocenters. The predicted molar refractivity (Wildman–Crippen MR) is 212 cm³/mol. The van der Waals surface area contributed by atoms with Gasteiger partial charge in [-0.3, -0.25) is 4.79 Å². The highest BCUT2D eigenvalue weighted by Crippen LogP contribution is 2.55. The predicted octanol–water partition coefficient (Wildman–Crippen LogP) is 8.22. The van der Waals surface area contributed by atoms with Gasteiger partial charge in [-0.2, -0.15) is 0 Å². The van der Waals surface area contributed by atoms with Gasteiger partial charge >= 0.3 is 5.97 Å². The van der Waals surface area contributed by atoms with Crippen molar-refractivity contribution in [3.63, 3.8) is 0 Å². The Hall–Kier alpha value is -4.08. The molecule has 0 unspecified atom stereocenters. The molecule has 0 saturated heterocycles. The van der Waals surface area contributed by atoms with E-state index < -0.39 is 15.6 Å². The summed E-state index contributed by atoms with van der Waals surface area (Å²) in [4.78, 5) is 12.5. The van der Waals surface area contributed by atoms with Crippen LogP contribution in [-0.4, -0.2) is 33.2 Å². The second-order valence-corrected chi connectivity index (χ2v) is 21.2. The van der Waals surface area contributed by atoms with Crippen LogP contribution in [0, 0.1) is 0 Å². The first-order valence-electron chi connectivity index (χ1n) is 17.5. The van der Waals surface area contributed by atoms with E-state index in [-0.39, 0.29) is 17.1 Å². The molecule has 0 amide bonds. The van der Waals surface area contributed by atoms with E-state index in [0.717, 1.165) is 6.16 Å². The summed E-state index contributed by atoms with van der Waals surface area (Å²) in [5.74, 6) is -0.155. The van der Waals surface area contributed by atoms with E-state index in [1.54, 1.807) is 0 Å². The van der Waals surface area contributed by atoms with Crippen molar-refractivity contribution >= 4 is 47.8 Å². The molecule has 5 aromatic rings. The lowest BCUT2D eigenvalue weighted by atomic mass is 10.1. The summed E-state index contributed by atoms with van der Waals surface area (Å²) >= 11 is 0. The van der Waals surface area contributed by atoms with Gasteiger partial charge in [0.05, 0.1) is 18.9 Å². The van der Waals surface area contributed by atoms with Crippen LogP contribution in [0.15, 0.2) is 164 Å². The summed E-state index contributed by atoms with van der Waals surface area (Å²) in [7, 11) is -4.92. The van der Waals surface area contributed by atoms with E-state index in [0.29, 0.717) is 25.9 Å². The first-order chi connectivity index (χ1) is 23.8. The molecule has 0 aliphatic heterocycles. The van der Waals surface area contributed by atoms with Gasteiger partial charge in [-0.1, -0.05) is 142 Å². The standard InChI is InChI=1S/C44H50O3PSi/c1-5-46-43(45)35-21-23-37(47-49(44(2,3)4,41-31-17-9-18-32-41)42-33-19-10-20-34-42)24-22-36-48(38-25-11-6-12-26-38,39-27-13-7-14-28-39)40-29-15-8-16-30-40/h6-20,22,24-34,37H,5,21,23,35-36H2,1-4H3/q+1/b24-22+/t37-/m0/s1. The Labute approximate surface area is 295 Å². The summed E-state index contributed by atoms with van der Waals surface area (Å²) in [6.07, 6.45) is 7.09. The molecular formula is C44H50O3PSi+. The number of hydrogen-bond donors (Lipinski definition) is 0. The fourth-order valence-corrected chi connectivity index (χ4v) is 15.6. The van der Waals surface area contributed by atoms with Crippen LogP contribution in [0.4, 0.5) is 0 Å². The zero-order valence-corrected chi connectivity index (χ0v) is 31.3. The summed E-state index contributed by atoms with van der Waals surface area (Å²) < 4.78 is 13.0. The van der Waals surface area contributed by atoms with E-state index >= 15 is 0 Å². The van der Waals surface area contributed by atoms with Crippen molar-refractivity contribution in [1.82, 2.24) is 0 Å². The van der Waals surface area contributed by atoms with Gasteiger partial charge < -0.3 is 9.16 Å². The van der Waals surface area contributed by atoms with Crippen molar-refractivity contribution in [2.75, 3.05) is 12.8 Å². The van der Waals surface area contributed by atoms with Crippen molar-refractivity contribution in [1.29, 1.82) is 0 Å². The van der Waals surface area contributed by atoms with Crippen LogP contribution in [0.3, 0.4) is 0 Å². The van der Waals surface area contributed by atoms with Crippen LogP contribution >= 0.6 is 7.26 Å². The van der Waals surface area contributed by atoms with E-state index in [4.69, 9.17) is 9.16 Å². The molecule has 0 fully saturated rings. The number of rotatable bonds is 15. The average molecular weight is 686 g/mol. The molecule has 0 aliphatic rings. The molecule has 49 heavy (non-hydrogen) atoms. The minimum absolute atomic E-state index is 0.155. The van der Waals surface area contributed by atoms with Gasteiger partial charge in [-0.15, -0.1) is 0 Å². The monoisotopic (exact) mass is 685 g/mol. The van der Waals surface area contributed by atoms with Crippen molar-refractivity contribution in [3.05, 3.63) is 164 Å². The topological polar surface area (TPSA) is 35.5 Å². The molecule has 5 rings (SSSR count). The first-order valence-corrected chi connectivity index (χ1v) is 21.4. The minimum Gasteiger partial charge on any atom is -0.466 e. The van der Waals surface area contributed by atoms with E-state index in [9.17, 15) is 4.79 Å². The normalized spacial score (nSPS) is 12.9. The first kappa shape index (κ1) is 36.2. The van der Waals surface area contributed by atoms with Crippen molar-refractivity contribution in [2.45, 2.75) is 58.1 Å². The number of allylic oxidation sites excluding steroid dienone is 1. The van der Waals surface area contributed by atoms with Crippen molar-refractivity contribution < 1.29 is 14.0 Å². The Morgan fingerprint density at radius 1 is 0.673 bits per heavy atom. The smallest absolute Gasteiger partial charge is 0.305 e. The SMILES string of the molecule is CCOC(=O)CCC[C@@H](/C=C/C[P+](c1ccccc1)(c1ccccc1)c1ccccc1)O[Si](c1ccccc1)(c1ccccc1)C(C)(C)C. The fraction of sp³-hybridized carbons (Fsp3) is 0.250. The molecule has 0 bridgehead atoms. The number of carbonyl (C=O) groups excluding carboxylic acids is 1. The second-order valence-electron chi connectivity index (χ2n) is 13.4. The third-order valence-electron chi connectivity index (χ3n) is 9.24. The minimum atomic E-state index is -2.85. The van der Waals surface area contributed by atoms with E-state index in [2.05, 4.69) is 185 Å². The highest BCUT2D eigenvalue weighted by molar-refractivity contribution is 7.95. The zero-order valence-electron chi connectivity index (χ0n) is 29.4. The fourth-order valence-electron chi connectivity index (χ4n) is 6.98. The highest BCUT2D eigenvalue weighted by atomic mass is 31.2. The molecule has 0 aliphatic carbocycles. The van der Waals surface area contributed by atoms with Gasteiger partial charge in [0.25, 0.3) is 8.32 Å². The van der Waals surface area contributed by atoms with Gasteiger partial charge in [0, 0.05) is 6.42 Å². The quantitative estimate of drug-likeness (QED) is 0.0483. The largest absolute Gasteiger partial charge is 0.466 e. The summed E-state index contributed by atoms with van der Waals surface area (Å²) in [6.45, 7) is 9.20. The Morgan fingerprint density at radius 2 is 1.08 bits per heavy atom. The summed E-state index contributed by atoms with van der Waals surface area (Å²) in [5, 5.41) is 6.38. The third-order valence-corrected chi connectivity index (χ3v) is 18.6. The molecule has 0 heterocycles. The average Bonchev–Trinajstić information content (AvgIpc) is 3.13. The third kappa shape index (κ3) is 8.39. The lowest BCUT2D eigenvalue weighted by Gasteiger charge is -2.45. The molecule has 5 heteroatoms. The second kappa shape index (κ2) is 17.0. The van der Waals surface area contributed by atoms with Crippen LogP contribution in [0.2, 0.25) is 5.04 Å². The van der Waals surface area contributed by atoms with Gasteiger partial charge in [-0.05, 0) is 77.7 Å². The number of benzene rings is 5. The number of hydrogen-bond acceptors (Lipinski definition) is 3. The Bertz CT molecular complexity index is 1600. The van der Waals surface area contributed by atoms with Crippen LogP contribution in [0.25, 0.3) is 0 Å². The van der Waals surface area contributed by atoms with Gasteiger partial charge in [0.15, 0.2) is 0 Å². The molecule has 252 valence electrons. The lowest BCUT2D eigenvalue weighted by molar-refractivity contribution is -0.143. The maximum atomic E-state index is 12.5. The van der Waals surface area contributed by atoms with Gasteiger partial charge in [0.2, 0.25) is 0 Å². The molecule has 0 aromatic heterocycles. The zero-order chi connectivity index (χ0) is 34.6. The number of esters is 1. The van der Waals surface area contributed by atoms with Crippen molar-refractivity contribution in [2.24, 2.45) is 0 Å². The van der Waals surface area contributed by atoms with E-state index in [1.807, 2.05) is 6.92 Å². The van der Waals surface area contributed by atoms with E-state index in [1.165, 1.54) is 26.3 Å². The highest BCUT2D eigenvalue weighted by Gasteiger charge is 2.51. The van der Waals surface area contributed by atoms with Crippen LogP contribution in [-0.2, 0) is 14.0 Å². The molecular weight excluding hydrogens is 636 g/mol. The Balaban J connectivity index is 1.61. The lowest BCUT2D eigenvalue weighted by Crippen LogP contribution is -2.67. The van der Waals surface area contributed by atoms with Gasteiger partial charge in [-0.25, -0.2) is 0 Å². The summed E-state index contributed by atoms with van der Waals surface area (Å²) in [5.41, 5.74) is 0. The molecule has 0 spiro atoms. The Morgan fingerprint density at radius 3 is 1.47 bits per heavy atom. The molecule has 3 nitrogen and oxygen atoms in total. The maximum Gasteiger partial charge on any atom is 0.305 e. The number of ether oxygens (including phenoxy) is 1. The summed E-state index contributed by atoms with van der Waals surface area (Å²) in [6, 6.07) is 54.6. The van der Waals surface area contributed by atoms with Crippen molar-refractivity contribution in [3.8, 4) is 0 Å². The molecule has 0 saturated carbocycles. The maximum absolute atomic E-state index is 12.5. The molecule has 0 radical (unpaired) electrons.